The highest BCUT2D eigenvalue weighted by Crippen LogP contribution is 2.31. The largest absolute Gasteiger partial charge is 0.382 e. The van der Waals surface area contributed by atoms with Crippen LogP contribution in [-0.2, 0) is 9.47 Å². The first-order valence-electron chi connectivity index (χ1n) is 8.44. The first kappa shape index (κ1) is 18.9. The van der Waals surface area contributed by atoms with Gasteiger partial charge in [0, 0.05) is 38.3 Å². The predicted molar refractivity (Wildman–Crippen MR) is 88.8 cm³/mol. The molecular formula is C17H36N2O2. The van der Waals surface area contributed by atoms with E-state index in [4.69, 9.17) is 9.47 Å². The zero-order valence-electron chi connectivity index (χ0n) is 15.0. The van der Waals surface area contributed by atoms with Crippen LogP contribution in [0.1, 0.15) is 47.5 Å². The lowest BCUT2D eigenvalue weighted by molar-refractivity contribution is -0.00799. The summed E-state index contributed by atoms with van der Waals surface area (Å²) in [6.45, 7) is 17.0. The molecule has 1 unspecified atom stereocenters. The van der Waals surface area contributed by atoms with Crippen molar-refractivity contribution >= 4 is 0 Å². The molecular weight excluding hydrogens is 264 g/mol. The lowest BCUT2D eigenvalue weighted by atomic mass is 9.80. The van der Waals surface area contributed by atoms with E-state index < -0.39 is 0 Å². The maximum atomic E-state index is 5.69. The quantitative estimate of drug-likeness (QED) is 0.699. The highest BCUT2D eigenvalue weighted by Gasteiger charge is 2.40. The Balaban J connectivity index is 2.61. The van der Waals surface area contributed by atoms with Gasteiger partial charge in [-0.2, -0.15) is 0 Å². The van der Waals surface area contributed by atoms with Crippen molar-refractivity contribution in [3.63, 3.8) is 0 Å². The molecule has 0 spiro atoms. The lowest BCUT2D eigenvalue weighted by Gasteiger charge is -2.51. The van der Waals surface area contributed by atoms with Gasteiger partial charge in [0.15, 0.2) is 0 Å². The average molecular weight is 300 g/mol. The molecule has 0 aromatic carbocycles. The Labute approximate surface area is 131 Å². The molecule has 21 heavy (non-hydrogen) atoms. The van der Waals surface area contributed by atoms with Gasteiger partial charge < -0.3 is 14.8 Å². The van der Waals surface area contributed by atoms with Crippen molar-refractivity contribution in [2.75, 3.05) is 46.6 Å². The summed E-state index contributed by atoms with van der Waals surface area (Å²) in [5.41, 5.74) is 0.557. The average Bonchev–Trinajstić information content (AvgIpc) is 2.45. The molecule has 0 aromatic rings. The van der Waals surface area contributed by atoms with Crippen molar-refractivity contribution in [3.05, 3.63) is 0 Å². The minimum Gasteiger partial charge on any atom is -0.382 e. The number of hydrogen-bond acceptors (Lipinski definition) is 4. The number of piperazine rings is 1. The van der Waals surface area contributed by atoms with Gasteiger partial charge in [0.2, 0.25) is 0 Å². The van der Waals surface area contributed by atoms with Gasteiger partial charge in [-0.05, 0) is 18.3 Å². The van der Waals surface area contributed by atoms with Crippen LogP contribution >= 0.6 is 0 Å². The highest BCUT2D eigenvalue weighted by atomic mass is 16.5. The molecule has 0 aliphatic carbocycles. The summed E-state index contributed by atoms with van der Waals surface area (Å²) in [4.78, 5) is 2.64. The molecule has 1 atom stereocenters. The number of hydrogen-bond donors (Lipinski definition) is 1. The Morgan fingerprint density at radius 1 is 1.14 bits per heavy atom. The summed E-state index contributed by atoms with van der Waals surface area (Å²) >= 11 is 0. The Hall–Kier alpha value is -0.160. The van der Waals surface area contributed by atoms with Crippen molar-refractivity contribution in [1.29, 1.82) is 0 Å². The number of nitrogens with one attached hydrogen (secondary N) is 1. The van der Waals surface area contributed by atoms with Crippen molar-refractivity contribution < 1.29 is 9.47 Å². The van der Waals surface area contributed by atoms with Gasteiger partial charge in [0.05, 0.1) is 19.8 Å². The van der Waals surface area contributed by atoms with Crippen molar-refractivity contribution in [2.45, 2.75) is 59.0 Å². The molecule has 0 aromatic heterocycles. The first-order valence-corrected chi connectivity index (χ1v) is 8.44. The third-order valence-electron chi connectivity index (χ3n) is 4.92. The minimum atomic E-state index is 0.272. The fraction of sp³-hybridized carbons (Fsp3) is 1.00. The van der Waals surface area contributed by atoms with E-state index in [1.807, 2.05) is 0 Å². The van der Waals surface area contributed by atoms with Crippen LogP contribution < -0.4 is 5.32 Å². The summed E-state index contributed by atoms with van der Waals surface area (Å²) in [7, 11) is 1.71. The maximum absolute atomic E-state index is 5.69. The highest BCUT2D eigenvalue weighted by molar-refractivity contribution is 4.99. The molecule has 0 radical (unpaired) electrons. The number of ether oxygens (including phenoxy) is 2. The van der Waals surface area contributed by atoms with E-state index in [2.05, 4.69) is 44.8 Å². The number of rotatable bonds is 8. The molecule has 0 bridgehead atoms. The molecule has 1 heterocycles. The fourth-order valence-electron chi connectivity index (χ4n) is 3.24. The second kappa shape index (κ2) is 8.47. The summed E-state index contributed by atoms with van der Waals surface area (Å²) in [6.07, 6.45) is 2.36. The Kier molecular flexibility index (Phi) is 7.62. The van der Waals surface area contributed by atoms with Gasteiger partial charge >= 0.3 is 0 Å². The minimum absolute atomic E-state index is 0.272. The number of methoxy groups -OCH3 is 1. The standard InChI is InChI=1S/C17H36N2O2/c1-7-17(8-2)14-19(9-10-21-12-11-20-6)15(13-18-17)16(3,4)5/h15,18H,7-14H2,1-6H3. The summed E-state index contributed by atoms with van der Waals surface area (Å²) in [5, 5.41) is 3.83. The fourth-order valence-corrected chi connectivity index (χ4v) is 3.24. The molecule has 1 aliphatic rings. The predicted octanol–water partition coefficient (Wildman–Crippen LogP) is 2.53. The van der Waals surface area contributed by atoms with Gasteiger partial charge in [0.25, 0.3) is 0 Å². The van der Waals surface area contributed by atoms with E-state index >= 15 is 0 Å². The summed E-state index contributed by atoms with van der Waals surface area (Å²) in [6, 6.07) is 0.565. The van der Waals surface area contributed by atoms with E-state index in [1.54, 1.807) is 7.11 Å². The molecule has 1 aliphatic heterocycles. The van der Waals surface area contributed by atoms with E-state index in [0.29, 0.717) is 19.3 Å². The van der Waals surface area contributed by atoms with Gasteiger partial charge in [-0.25, -0.2) is 0 Å². The first-order chi connectivity index (χ1) is 9.88. The van der Waals surface area contributed by atoms with Gasteiger partial charge in [0.1, 0.15) is 0 Å². The van der Waals surface area contributed by atoms with Crippen molar-refractivity contribution in [3.8, 4) is 0 Å². The van der Waals surface area contributed by atoms with Crippen LogP contribution in [0, 0.1) is 5.41 Å². The second-order valence-electron chi connectivity index (χ2n) is 7.33. The van der Waals surface area contributed by atoms with Gasteiger partial charge in [-0.15, -0.1) is 0 Å². The molecule has 1 N–H and O–H groups in total. The van der Waals surface area contributed by atoms with Crippen LogP contribution in [0.2, 0.25) is 0 Å². The molecule has 1 fully saturated rings. The topological polar surface area (TPSA) is 33.7 Å². The van der Waals surface area contributed by atoms with E-state index in [1.165, 1.54) is 12.8 Å². The zero-order valence-corrected chi connectivity index (χ0v) is 15.0. The monoisotopic (exact) mass is 300 g/mol. The molecule has 126 valence electrons. The van der Waals surface area contributed by atoms with Crippen molar-refractivity contribution in [2.24, 2.45) is 5.41 Å². The van der Waals surface area contributed by atoms with Crippen LogP contribution in [-0.4, -0.2) is 63.0 Å². The Morgan fingerprint density at radius 2 is 1.81 bits per heavy atom. The number of nitrogens with zero attached hydrogens (tertiary/aromatic N) is 1. The Bertz CT molecular complexity index is 285. The van der Waals surface area contributed by atoms with Crippen molar-refractivity contribution in [1.82, 2.24) is 10.2 Å². The van der Waals surface area contributed by atoms with E-state index in [9.17, 15) is 0 Å². The molecule has 1 saturated heterocycles. The summed E-state index contributed by atoms with van der Waals surface area (Å²) in [5.74, 6) is 0. The third-order valence-corrected chi connectivity index (χ3v) is 4.92. The second-order valence-corrected chi connectivity index (χ2v) is 7.33. The normalized spacial score (nSPS) is 23.4. The SMILES string of the molecule is CCC1(CC)CN(CCOCCOC)C(C(C)(C)C)CN1. The van der Waals surface area contributed by atoms with Crippen LogP contribution in [0.3, 0.4) is 0 Å². The Morgan fingerprint density at radius 3 is 2.33 bits per heavy atom. The van der Waals surface area contributed by atoms with Crippen LogP contribution in [0.25, 0.3) is 0 Å². The molecule has 0 amide bonds. The van der Waals surface area contributed by atoms with Gasteiger partial charge in [-0.3, -0.25) is 4.90 Å². The van der Waals surface area contributed by atoms with Crippen LogP contribution in [0.4, 0.5) is 0 Å². The van der Waals surface area contributed by atoms with Crippen LogP contribution in [0.5, 0.6) is 0 Å². The van der Waals surface area contributed by atoms with Gasteiger partial charge in [-0.1, -0.05) is 34.6 Å². The smallest absolute Gasteiger partial charge is 0.0700 e. The molecule has 4 nitrogen and oxygen atoms in total. The molecule has 1 rings (SSSR count). The van der Waals surface area contributed by atoms with Crippen LogP contribution in [0.15, 0.2) is 0 Å². The maximum Gasteiger partial charge on any atom is 0.0700 e. The zero-order chi connectivity index (χ0) is 15.9. The van der Waals surface area contributed by atoms with E-state index in [-0.39, 0.29) is 11.0 Å². The molecule has 0 saturated carbocycles. The third kappa shape index (κ3) is 5.51. The van der Waals surface area contributed by atoms with E-state index in [0.717, 1.165) is 26.2 Å². The lowest BCUT2D eigenvalue weighted by Crippen LogP contribution is -2.66. The summed E-state index contributed by atoms with van der Waals surface area (Å²) < 4.78 is 10.7. The molecule has 4 heteroatoms.